The molecule has 1 saturated heterocycles. The second kappa shape index (κ2) is 8.50. The third-order valence-corrected chi connectivity index (χ3v) is 6.83. The van der Waals surface area contributed by atoms with Gasteiger partial charge in [-0.15, -0.1) is 0 Å². The number of nitrogens with zero attached hydrogens (tertiary/aromatic N) is 3. The van der Waals surface area contributed by atoms with Crippen LogP contribution in [0.15, 0.2) is 30.3 Å². The standard InChI is InChI=1S/C24H27ClN4O2/c1-15(30)16-6-10-19(11-7-16)31-24-26-21-14-20(25)22(27-23(21)28-24)17-4-8-18(9-5-17)29-12-2-3-13-29/h4-5,8-9,14,16,19H,2-3,6-7,10-13H2,1H3,(H,26,27,28). The van der Waals surface area contributed by atoms with Gasteiger partial charge in [0.15, 0.2) is 5.65 Å². The molecule has 6 nitrogen and oxygen atoms in total. The SMILES string of the molecule is CC(=O)C1CCC(Oc2nc3nc(-c4ccc(N5CCCC5)cc4)c(Cl)cc3[nH]2)CC1. The van der Waals surface area contributed by atoms with Crippen LogP contribution in [0.3, 0.4) is 0 Å². The zero-order valence-corrected chi connectivity index (χ0v) is 18.5. The van der Waals surface area contributed by atoms with E-state index in [2.05, 4.69) is 39.1 Å². The number of aromatic amines is 1. The predicted molar refractivity (Wildman–Crippen MR) is 123 cm³/mol. The second-order valence-corrected chi connectivity index (χ2v) is 9.08. The number of carbonyl (C=O) groups is 1. The minimum Gasteiger partial charge on any atom is -0.461 e. The number of nitrogens with one attached hydrogen (secondary N) is 1. The van der Waals surface area contributed by atoms with Crippen molar-refractivity contribution < 1.29 is 9.53 Å². The number of benzene rings is 1. The molecule has 0 bridgehead atoms. The highest BCUT2D eigenvalue weighted by Gasteiger charge is 2.26. The molecule has 1 aliphatic heterocycles. The average molecular weight is 439 g/mol. The number of pyridine rings is 1. The number of anilines is 1. The second-order valence-electron chi connectivity index (χ2n) is 8.68. The fraction of sp³-hybridized carbons (Fsp3) is 0.458. The molecule has 2 fully saturated rings. The lowest BCUT2D eigenvalue weighted by molar-refractivity contribution is -0.122. The number of hydrogen-bond acceptors (Lipinski definition) is 5. The molecular weight excluding hydrogens is 412 g/mol. The van der Waals surface area contributed by atoms with Crippen molar-refractivity contribution in [2.75, 3.05) is 18.0 Å². The molecule has 1 aromatic carbocycles. The van der Waals surface area contributed by atoms with Crippen LogP contribution in [0.25, 0.3) is 22.4 Å². The first kappa shape index (κ1) is 20.3. The van der Waals surface area contributed by atoms with Crippen LogP contribution >= 0.6 is 11.6 Å². The van der Waals surface area contributed by atoms with E-state index in [-0.39, 0.29) is 17.8 Å². The molecular formula is C24H27ClN4O2. The highest BCUT2D eigenvalue weighted by atomic mass is 35.5. The van der Waals surface area contributed by atoms with E-state index in [4.69, 9.17) is 21.3 Å². The van der Waals surface area contributed by atoms with Gasteiger partial charge in [-0.2, -0.15) is 4.98 Å². The van der Waals surface area contributed by atoms with Crippen molar-refractivity contribution >= 4 is 34.2 Å². The third kappa shape index (κ3) is 4.26. The summed E-state index contributed by atoms with van der Waals surface area (Å²) < 4.78 is 6.06. The minimum atomic E-state index is 0.0734. The molecule has 2 aromatic heterocycles. The maximum Gasteiger partial charge on any atom is 0.296 e. The summed E-state index contributed by atoms with van der Waals surface area (Å²) in [6.07, 6.45) is 6.07. The van der Waals surface area contributed by atoms with Gasteiger partial charge < -0.3 is 14.6 Å². The summed E-state index contributed by atoms with van der Waals surface area (Å²) in [6, 6.07) is 10.8. The van der Waals surface area contributed by atoms with E-state index >= 15 is 0 Å². The van der Waals surface area contributed by atoms with Crippen LogP contribution in [0.2, 0.25) is 5.02 Å². The minimum absolute atomic E-state index is 0.0734. The Balaban J connectivity index is 1.33. The number of aromatic nitrogens is 3. The van der Waals surface area contributed by atoms with Gasteiger partial charge in [-0.3, -0.25) is 4.79 Å². The first-order valence-electron chi connectivity index (χ1n) is 11.2. The van der Waals surface area contributed by atoms with E-state index < -0.39 is 0 Å². The molecule has 1 saturated carbocycles. The van der Waals surface area contributed by atoms with Gasteiger partial charge in [0.05, 0.1) is 16.2 Å². The van der Waals surface area contributed by atoms with Crippen LogP contribution in [0, 0.1) is 5.92 Å². The average Bonchev–Trinajstić information content (AvgIpc) is 3.43. The number of H-pyrrole nitrogens is 1. The van der Waals surface area contributed by atoms with Gasteiger partial charge in [-0.05, 0) is 63.6 Å². The summed E-state index contributed by atoms with van der Waals surface area (Å²) >= 11 is 6.56. The lowest BCUT2D eigenvalue weighted by atomic mass is 9.85. The monoisotopic (exact) mass is 438 g/mol. The molecule has 162 valence electrons. The van der Waals surface area contributed by atoms with Crippen molar-refractivity contribution in [3.8, 4) is 17.3 Å². The van der Waals surface area contributed by atoms with Crippen LogP contribution in [0.1, 0.15) is 45.4 Å². The highest BCUT2D eigenvalue weighted by molar-refractivity contribution is 6.33. The third-order valence-electron chi connectivity index (χ3n) is 6.54. The van der Waals surface area contributed by atoms with Crippen molar-refractivity contribution in [1.82, 2.24) is 15.0 Å². The fourth-order valence-corrected chi connectivity index (χ4v) is 4.96. The van der Waals surface area contributed by atoms with Gasteiger partial charge >= 0.3 is 0 Å². The van der Waals surface area contributed by atoms with Gasteiger partial charge in [0.25, 0.3) is 6.01 Å². The van der Waals surface area contributed by atoms with Crippen molar-refractivity contribution in [3.63, 3.8) is 0 Å². The largest absolute Gasteiger partial charge is 0.461 e. The van der Waals surface area contributed by atoms with E-state index in [0.29, 0.717) is 16.7 Å². The van der Waals surface area contributed by atoms with Gasteiger partial charge in [0.1, 0.15) is 11.9 Å². The number of rotatable bonds is 5. The van der Waals surface area contributed by atoms with Crippen LogP contribution in [0.4, 0.5) is 5.69 Å². The maximum absolute atomic E-state index is 11.6. The first-order valence-corrected chi connectivity index (χ1v) is 11.5. The van der Waals surface area contributed by atoms with Gasteiger partial charge in [-0.1, -0.05) is 23.7 Å². The van der Waals surface area contributed by atoms with Crippen LogP contribution in [-0.4, -0.2) is 39.9 Å². The van der Waals surface area contributed by atoms with Gasteiger partial charge in [0.2, 0.25) is 0 Å². The number of halogens is 1. The Hall–Kier alpha value is -2.60. The topological polar surface area (TPSA) is 71.1 Å². The molecule has 5 rings (SSSR count). The van der Waals surface area contributed by atoms with Crippen molar-refractivity contribution in [1.29, 1.82) is 0 Å². The fourth-order valence-electron chi connectivity index (χ4n) is 4.70. The summed E-state index contributed by atoms with van der Waals surface area (Å²) in [5.41, 5.74) is 4.30. The summed E-state index contributed by atoms with van der Waals surface area (Å²) in [5.74, 6) is 0.456. The summed E-state index contributed by atoms with van der Waals surface area (Å²) in [7, 11) is 0. The van der Waals surface area contributed by atoms with Crippen LogP contribution < -0.4 is 9.64 Å². The first-order chi connectivity index (χ1) is 15.1. The number of hydrogen-bond donors (Lipinski definition) is 1. The molecule has 7 heteroatoms. The summed E-state index contributed by atoms with van der Waals surface area (Å²) in [4.78, 5) is 26.4. The number of ether oxygens (including phenoxy) is 1. The highest BCUT2D eigenvalue weighted by Crippen LogP contribution is 2.32. The molecule has 2 aliphatic rings. The lowest BCUT2D eigenvalue weighted by Crippen LogP contribution is -2.27. The summed E-state index contributed by atoms with van der Waals surface area (Å²) in [5, 5.41) is 0.582. The molecule has 0 radical (unpaired) electrons. The van der Waals surface area contributed by atoms with Gasteiger partial charge in [0, 0.05) is 30.3 Å². The molecule has 1 N–H and O–H groups in total. The summed E-state index contributed by atoms with van der Waals surface area (Å²) in [6.45, 7) is 3.92. The zero-order chi connectivity index (χ0) is 21.4. The quantitative estimate of drug-likeness (QED) is 0.577. The van der Waals surface area contributed by atoms with Crippen molar-refractivity contribution in [2.24, 2.45) is 5.92 Å². The number of fused-ring (bicyclic) bond motifs is 1. The maximum atomic E-state index is 11.6. The Morgan fingerprint density at radius 3 is 2.48 bits per heavy atom. The van der Waals surface area contributed by atoms with Crippen LogP contribution in [-0.2, 0) is 4.79 Å². The van der Waals surface area contributed by atoms with E-state index in [0.717, 1.165) is 55.5 Å². The molecule has 31 heavy (non-hydrogen) atoms. The number of Topliss-reactive ketones (excluding diaryl/α,β-unsaturated/α-hetero) is 1. The zero-order valence-electron chi connectivity index (χ0n) is 17.7. The Labute approximate surface area is 187 Å². The van der Waals surface area contributed by atoms with Crippen molar-refractivity contribution in [3.05, 3.63) is 35.4 Å². The molecule has 0 amide bonds. The van der Waals surface area contributed by atoms with E-state index in [9.17, 15) is 4.79 Å². The Kier molecular flexibility index (Phi) is 5.57. The molecule has 0 spiro atoms. The predicted octanol–water partition coefficient (Wildman–Crippen LogP) is 5.41. The van der Waals surface area contributed by atoms with Crippen molar-refractivity contribution in [2.45, 2.75) is 51.6 Å². The number of carbonyl (C=O) groups excluding carboxylic acids is 1. The lowest BCUT2D eigenvalue weighted by Gasteiger charge is -2.26. The normalized spacial score (nSPS) is 21.5. The molecule has 0 unspecified atom stereocenters. The Morgan fingerprint density at radius 1 is 1.10 bits per heavy atom. The smallest absolute Gasteiger partial charge is 0.296 e. The Morgan fingerprint density at radius 2 is 1.81 bits per heavy atom. The number of imidazole rings is 1. The van der Waals surface area contributed by atoms with E-state index in [1.54, 1.807) is 6.92 Å². The van der Waals surface area contributed by atoms with Gasteiger partial charge in [-0.25, -0.2) is 4.98 Å². The number of ketones is 1. The van der Waals surface area contributed by atoms with E-state index in [1.807, 2.05) is 6.07 Å². The molecule has 3 aromatic rings. The molecule has 0 atom stereocenters. The molecule has 3 heterocycles. The Bertz CT molecular complexity index is 1080. The molecule has 1 aliphatic carbocycles. The van der Waals surface area contributed by atoms with E-state index in [1.165, 1.54) is 18.5 Å². The van der Waals surface area contributed by atoms with Crippen LogP contribution in [0.5, 0.6) is 6.01 Å².